The van der Waals surface area contributed by atoms with Gasteiger partial charge in [0, 0.05) is 18.1 Å². The third-order valence-electron chi connectivity index (χ3n) is 4.76. The average molecular weight is 400 g/mol. The lowest BCUT2D eigenvalue weighted by Gasteiger charge is -2.30. The minimum absolute atomic E-state index is 0.221. The minimum atomic E-state index is -0.515. The molecule has 4 rings (SSSR count). The van der Waals surface area contributed by atoms with Crippen LogP contribution in [0.3, 0.4) is 0 Å². The summed E-state index contributed by atoms with van der Waals surface area (Å²) in [7, 11) is 0. The number of anilines is 2. The molecule has 0 aromatic heterocycles. The fraction of sp³-hybridized carbons (Fsp3) is 0.250. The summed E-state index contributed by atoms with van der Waals surface area (Å²) in [5.74, 6) is -1.45. The predicted molar refractivity (Wildman–Crippen MR) is 105 cm³/mol. The molecule has 28 heavy (non-hydrogen) atoms. The predicted octanol–water partition coefficient (Wildman–Crippen LogP) is 2.41. The first-order valence-corrected chi connectivity index (χ1v) is 9.30. The smallest absolute Gasteiger partial charge is 0.262 e. The van der Waals surface area contributed by atoms with Crippen LogP contribution in [-0.4, -0.2) is 55.5 Å². The number of halogens is 1. The summed E-state index contributed by atoms with van der Waals surface area (Å²) in [6.07, 6.45) is 0. The number of carbonyl (C=O) groups excluding carboxylic acids is 3. The summed E-state index contributed by atoms with van der Waals surface area (Å²) < 4.78 is 5.37. The van der Waals surface area contributed by atoms with Crippen molar-refractivity contribution in [1.82, 2.24) is 4.90 Å². The highest BCUT2D eigenvalue weighted by atomic mass is 35.5. The van der Waals surface area contributed by atoms with Crippen LogP contribution in [-0.2, 0) is 9.53 Å². The molecule has 2 heterocycles. The molecule has 2 aromatic rings. The molecular formula is C20H18ClN3O4. The van der Waals surface area contributed by atoms with E-state index in [1.807, 2.05) is 18.2 Å². The highest BCUT2D eigenvalue weighted by Gasteiger charge is 2.36. The van der Waals surface area contributed by atoms with Gasteiger partial charge in [0.15, 0.2) is 0 Å². The molecule has 7 nitrogen and oxygen atoms in total. The van der Waals surface area contributed by atoms with Crippen molar-refractivity contribution in [2.75, 3.05) is 43.1 Å². The molecule has 2 aromatic carbocycles. The van der Waals surface area contributed by atoms with Crippen LogP contribution in [0, 0.1) is 0 Å². The molecule has 1 fully saturated rings. The maximum Gasteiger partial charge on any atom is 0.262 e. The molecule has 0 atom stereocenters. The Kier molecular flexibility index (Phi) is 5.02. The fourth-order valence-corrected chi connectivity index (χ4v) is 3.57. The number of ether oxygens (including phenoxy) is 1. The van der Waals surface area contributed by atoms with E-state index < -0.39 is 17.7 Å². The second-order valence-electron chi connectivity index (χ2n) is 6.55. The van der Waals surface area contributed by atoms with Crippen molar-refractivity contribution >= 4 is 40.7 Å². The van der Waals surface area contributed by atoms with Crippen LogP contribution in [0.15, 0.2) is 42.5 Å². The third kappa shape index (κ3) is 3.46. The standard InChI is InChI=1S/C20H18ClN3O4/c21-13-5-6-14-15(11-13)20(27)24(19(14)26)12-18(25)22-16-3-1-2-4-17(16)23-7-9-28-10-8-23/h1-6,11H,7-10,12H2,(H,22,25). The topological polar surface area (TPSA) is 79.0 Å². The van der Waals surface area contributed by atoms with E-state index in [9.17, 15) is 14.4 Å². The van der Waals surface area contributed by atoms with Gasteiger partial charge in [-0.2, -0.15) is 0 Å². The Morgan fingerprint density at radius 1 is 1.04 bits per heavy atom. The molecule has 2 aliphatic rings. The molecular weight excluding hydrogens is 382 g/mol. The van der Waals surface area contributed by atoms with Crippen LogP contribution < -0.4 is 10.2 Å². The molecule has 1 saturated heterocycles. The van der Waals surface area contributed by atoms with Gasteiger partial charge in [0.25, 0.3) is 11.8 Å². The van der Waals surface area contributed by atoms with Crippen LogP contribution in [0.1, 0.15) is 20.7 Å². The number of fused-ring (bicyclic) bond motifs is 1. The van der Waals surface area contributed by atoms with Gasteiger partial charge in [0.2, 0.25) is 5.91 Å². The zero-order valence-corrected chi connectivity index (χ0v) is 15.7. The lowest BCUT2D eigenvalue weighted by Crippen LogP contribution is -2.39. The lowest BCUT2D eigenvalue weighted by atomic mass is 10.1. The summed E-state index contributed by atoms with van der Waals surface area (Å²) >= 11 is 5.91. The van der Waals surface area contributed by atoms with E-state index in [0.29, 0.717) is 23.9 Å². The van der Waals surface area contributed by atoms with E-state index >= 15 is 0 Å². The molecule has 0 unspecified atom stereocenters. The van der Waals surface area contributed by atoms with Gasteiger partial charge in [0.05, 0.1) is 35.7 Å². The van der Waals surface area contributed by atoms with Crippen molar-refractivity contribution in [2.24, 2.45) is 0 Å². The van der Waals surface area contributed by atoms with Crippen molar-refractivity contribution in [3.05, 3.63) is 58.6 Å². The van der Waals surface area contributed by atoms with Gasteiger partial charge in [0.1, 0.15) is 6.54 Å². The van der Waals surface area contributed by atoms with Gasteiger partial charge >= 0.3 is 0 Å². The van der Waals surface area contributed by atoms with Crippen molar-refractivity contribution in [3.8, 4) is 0 Å². The van der Waals surface area contributed by atoms with Crippen LogP contribution >= 0.6 is 11.6 Å². The van der Waals surface area contributed by atoms with Gasteiger partial charge in [-0.05, 0) is 30.3 Å². The van der Waals surface area contributed by atoms with E-state index in [0.717, 1.165) is 23.7 Å². The van der Waals surface area contributed by atoms with Gasteiger partial charge < -0.3 is 15.0 Å². The monoisotopic (exact) mass is 399 g/mol. The van der Waals surface area contributed by atoms with Gasteiger partial charge in [-0.1, -0.05) is 23.7 Å². The number of imide groups is 1. The van der Waals surface area contributed by atoms with E-state index in [1.54, 1.807) is 12.1 Å². The number of para-hydroxylation sites is 2. The normalized spacial score (nSPS) is 16.3. The third-order valence-corrected chi connectivity index (χ3v) is 5.00. The van der Waals surface area contributed by atoms with Crippen molar-refractivity contribution in [2.45, 2.75) is 0 Å². The maximum absolute atomic E-state index is 12.6. The summed E-state index contributed by atoms with van der Waals surface area (Å²) in [6.45, 7) is 2.35. The number of hydrogen-bond acceptors (Lipinski definition) is 5. The Bertz CT molecular complexity index is 956. The first-order valence-electron chi connectivity index (χ1n) is 8.92. The molecule has 2 aliphatic heterocycles. The lowest BCUT2D eigenvalue weighted by molar-refractivity contribution is -0.116. The number of morpholine rings is 1. The highest BCUT2D eigenvalue weighted by Crippen LogP contribution is 2.28. The molecule has 0 bridgehead atoms. The Hall–Kier alpha value is -2.90. The summed E-state index contributed by atoms with van der Waals surface area (Å²) in [5, 5.41) is 3.19. The first-order chi connectivity index (χ1) is 13.5. The zero-order chi connectivity index (χ0) is 19.7. The van der Waals surface area contributed by atoms with Crippen molar-refractivity contribution in [1.29, 1.82) is 0 Å². The van der Waals surface area contributed by atoms with E-state index in [2.05, 4.69) is 10.2 Å². The van der Waals surface area contributed by atoms with Gasteiger partial charge in [-0.15, -0.1) is 0 Å². The summed E-state index contributed by atoms with van der Waals surface area (Å²) in [6, 6.07) is 11.9. The molecule has 0 spiro atoms. The molecule has 0 aliphatic carbocycles. The Morgan fingerprint density at radius 3 is 2.54 bits per heavy atom. The largest absolute Gasteiger partial charge is 0.378 e. The summed E-state index contributed by atoms with van der Waals surface area (Å²) in [4.78, 5) is 40.6. The molecule has 144 valence electrons. The summed E-state index contributed by atoms with van der Waals surface area (Å²) in [5.41, 5.74) is 2.00. The fourth-order valence-electron chi connectivity index (χ4n) is 3.40. The maximum atomic E-state index is 12.6. The Balaban J connectivity index is 1.49. The number of hydrogen-bond donors (Lipinski definition) is 1. The number of nitrogens with one attached hydrogen (secondary N) is 1. The van der Waals surface area contributed by atoms with E-state index in [4.69, 9.17) is 16.3 Å². The molecule has 1 N–H and O–H groups in total. The van der Waals surface area contributed by atoms with Gasteiger partial charge in [-0.25, -0.2) is 0 Å². The second-order valence-corrected chi connectivity index (χ2v) is 6.99. The number of rotatable bonds is 4. The Labute approximate surface area is 166 Å². The van der Waals surface area contributed by atoms with Crippen molar-refractivity contribution in [3.63, 3.8) is 0 Å². The number of carbonyl (C=O) groups is 3. The van der Waals surface area contributed by atoms with Crippen LogP contribution in [0.25, 0.3) is 0 Å². The molecule has 0 radical (unpaired) electrons. The van der Waals surface area contributed by atoms with Crippen molar-refractivity contribution < 1.29 is 19.1 Å². The van der Waals surface area contributed by atoms with Crippen LogP contribution in [0.4, 0.5) is 11.4 Å². The van der Waals surface area contributed by atoms with Gasteiger partial charge in [-0.3, -0.25) is 19.3 Å². The number of nitrogens with zero attached hydrogens (tertiary/aromatic N) is 2. The van der Waals surface area contributed by atoms with E-state index in [-0.39, 0.29) is 17.7 Å². The molecule has 3 amide bonds. The number of benzene rings is 2. The zero-order valence-electron chi connectivity index (χ0n) is 15.0. The average Bonchev–Trinajstić information content (AvgIpc) is 2.93. The quantitative estimate of drug-likeness (QED) is 0.799. The molecule has 0 saturated carbocycles. The minimum Gasteiger partial charge on any atom is -0.378 e. The number of amides is 3. The van der Waals surface area contributed by atoms with Crippen LogP contribution in [0.2, 0.25) is 5.02 Å². The Morgan fingerprint density at radius 2 is 1.75 bits per heavy atom. The second kappa shape index (κ2) is 7.61. The first kappa shape index (κ1) is 18.5. The molecule has 8 heteroatoms. The SMILES string of the molecule is O=C(CN1C(=O)c2ccc(Cl)cc2C1=O)Nc1ccccc1N1CCOCC1. The van der Waals surface area contributed by atoms with Crippen LogP contribution in [0.5, 0.6) is 0 Å². The highest BCUT2D eigenvalue weighted by molar-refractivity contribution is 6.32. The van der Waals surface area contributed by atoms with E-state index in [1.165, 1.54) is 12.1 Å².